The van der Waals surface area contributed by atoms with Crippen LogP contribution in [-0.2, 0) is 17.8 Å². The molecule has 0 amide bonds. The summed E-state index contributed by atoms with van der Waals surface area (Å²) in [6.45, 7) is 7.92. The molecule has 1 heterocycles. The molecule has 0 fully saturated rings. The summed E-state index contributed by atoms with van der Waals surface area (Å²) in [6, 6.07) is 0. The number of hydrogen-bond donors (Lipinski definition) is 1. The van der Waals surface area contributed by atoms with Crippen molar-refractivity contribution in [2.75, 3.05) is 20.3 Å². The van der Waals surface area contributed by atoms with Crippen LogP contribution in [0.15, 0.2) is 12.5 Å². The third-order valence-electron chi connectivity index (χ3n) is 2.19. The van der Waals surface area contributed by atoms with E-state index in [2.05, 4.69) is 28.7 Å². The predicted molar refractivity (Wildman–Crippen MR) is 60.6 cm³/mol. The monoisotopic (exact) mass is 211 g/mol. The quantitative estimate of drug-likeness (QED) is 0.738. The van der Waals surface area contributed by atoms with Gasteiger partial charge in [0.2, 0.25) is 0 Å². The second kappa shape index (κ2) is 6.58. The van der Waals surface area contributed by atoms with Crippen molar-refractivity contribution in [2.24, 2.45) is 5.92 Å². The second-order valence-corrected chi connectivity index (χ2v) is 4.10. The number of rotatable bonds is 7. The molecule has 4 heteroatoms. The van der Waals surface area contributed by atoms with E-state index in [9.17, 15) is 0 Å². The molecular weight excluding hydrogens is 190 g/mol. The van der Waals surface area contributed by atoms with E-state index in [4.69, 9.17) is 4.74 Å². The number of hydrogen-bond acceptors (Lipinski definition) is 3. The van der Waals surface area contributed by atoms with E-state index in [1.807, 2.05) is 12.5 Å². The number of nitrogens with zero attached hydrogens (tertiary/aromatic N) is 2. The van der Waals surface area contributed by atoms with E-state index in [0.29, 0.717) is 5.92 Å². The smallest absolute Gasteiger partial charge is 0.0949 e. The van der Waals surface area contributed by atoms with Gasteiger partial charge in [0, 0.05) is 26.4 Å². The lowest BCUT2D eigenvalue weighted by Gasteiger charge is -2.09. The number of imidazole rings is 1. The zero-order chi connectivity index (χ0) is 11.1. The van der Waals surface area contributed by atoms with Crippen molar-refractivity contribution < 1.29 is 4.74 Å². The molecule has 0 radical (unpaired) electrons. The molecule has 0 bridgehead atoms. The van der Waals surface area contributed by atoms with E-state index in [-0.39, 0.29) is 0 Å². The van der Waals surface area contributed by atoms with Gasteiger partial charge >= 0.3 is 0 Å². The molecule has 0 aliphatic carbocycles. The predicted octanol–water partition coefficient (Wildman–Crippen LogP) is 1.28. The molecule has 0 unspecified atom stereocenters. The Kier molecular flexibility index (Phi) is 5.36. The van der Waals surface area contributed by atoms with Gasteiger partial charge in [0.25, 0.3) is 0 Å². The van der Waals surface area contributed by atoms with Crippen LogP contribution in [0.25, 0.3) is 0 Å². The van der Waals surface area contributed by atoms with Crippen LogP contribution in [0.4, 0.5) is 0 Å². The maximum atomic E-state index is 5.04. The van der Waals surface area contributed by atoms with E-state index < -0.39 is 0 Å². The van der Waals surface area contributed by atoms with Gasteiger partial charge in [0.1, 0.15) is 0 Å². The van der Waals surface area contributed by atoms with Crippen molar-refractivity contribution in [2.45, 2.75) is 26.9 Å². The summed E-state index contributed by atoms with van der Waals surface area (Å²) in [7, 11) is 1.72. The van der Waals surface area contributed by atoms with Crippen LogP contribution in [-0.4, -0.2) is 29.8 Å². The van der Waals surface area contributed by atoms with Gasteiger partial charge in [0.15, 0.2) is 0 Å². The molecule has 0 atom stereocenters. The van der Waals surface area contributed by atoms with Gasteiger partial charge in [-0.05, 0) is 12.5 Å². The molecule has 0 spiro atoms. The fourth-order valence-electron chi connectivity index (χ4n) is 1.38. The lowest BCUT2D eigenvalue weighted by molar-refractivity contribution is 0.186. The van der Waals surface area contributed by atoms with E-state index in [1.165, 1.54) is 5.69 Å². The fraction of sp³-hybridized carbons (Fsp3) is 0.727. The summed E-state index contributed by atoms with van der Waals surface area (Å²) in [5, 5.41) is 3.40. The van der Waals surface area contributed by atoms with Crippen molar-refractivity contribution in [3.8, 4) is 0 Å². The maximum absolute atomic E-state index is 5.04. The van der Waals surface area contributed by atoms with Gasteiger partial charge in [-0.2, -0.15) is 0 Å². The number of ether oxygens (including phenoxy) is 1. The van der Waals surface area contributed by atoms with Gasteiger partial charge in [-0.15, -0.1) is 0 Å². The summed E-state index contributed by atoms with van der Waals surface area (Å²) < 4.78 is 7.17. The van der Waals surface area contributed by atoms with Crippen LogP contribution in [0.2, 0.25) is 0 Å². The highest BCUT2D eigenvalue weighted by Crippen LogP contribution is 1.99. The molecule has 15 heavy (non-hydrogen) atoms. The Hall–Kier alpha value is -0.870. The summed E-state index contributed by atoms with van der Waals surface area (Å²) >= 11 is 0. The Labute approximate surface area is 91.7 Å². The highest BCUT2D eigenvalue weighted by atomic mass is 16.5. The molecule has 0 aromatic carbocycles. The largest absolute Gasteiger partial charge is 0.383 e. The lowest BCUT2D eigenvalue weighted by Crippen LogP contribution is -2.21. The highest BCUT2D eigenvalue weighted by molar-refractivity contribution is 4.97. The Morgan fingerprint density at radius 3 is 3.00 bits per heavy atom. The molecular formula is C11H21N3O. The number of aromatic nitrogens is 2. The molecule has 1 rings (SSSR count). The second-order valence-electron chi connectivity index (χ2n) is 4.10. The normalized spacial score (nSPS) is 11.2. The molecule has 1 aromatic heterocycles. The van der Waals surface area contributed by atoms with Gasteiger partial charge in [-0.25, -0.2) is 4.98 Å². The topological polar surface area (TPSA) is 39.1 Å². The van der Waals surface area contributed by atoms with Gasteiger partial charge in [-0.3, -0.25) is 0 Å². The minimum atomic E-state index is 0.681. The molecule has 1 N–H and O–H groups in total. The highest BCUT2D eigenvalue weighted by Gasteiger charge is 2.01. The number of methoxy groups -OCH3 is 1. The first-order chi connectivity index (χ1) is 7.24. The molecule has 86 valence electrons. The van der Waals surface area contributed by atoms with Crippen LogP contribution in [0, 0.1) is 5.92 Å². The zero-order valence-electron chi connectivity index (χ0n) is 9.86. The van der Waals surface area contributed by atoms with Crippen LogP contribution in [0.5, 0.6) is 0 Å². The first kappa shape index (κ1) is 12.2. The van der Waals surface area contributed by atoms with Crippen LogP contribution in [0.3, 0.4) is 0 Å². The average Bonchev–Trinajstić information content (AvgIpc) is 2.62. The third kappa shape index (κ3) is 4.44. The molecule has 0 saturated heterocycles. The first-order valence-corrected chi connectivity index (χ1v) is 5.42. The molecule has 0 aliphatic heterocycles. The maximum Gasteiger partial charge on any atom is 0.0949 e. The van der Waals surface area contributed by atoms with Crippen molar-refractivity contribution in [3.05, 3.63) is 18.2 Å². The minimum absolute atomic E-state index is 0.681. The molecule has 0 aliphatic rings. The fourth-order valence-corrected chi connectivity index (χ4v) is 1.38. The summed E-state index contributed by atoms with van der Waals surface area (Å²) in [5.41, 5.74) is 1.22. The summed E-state index contributed by atoms with van der Waals surface area (Å²) in [4.78, 5) is 4.14. The van der Waals surface area contributed by atoms with Gasteiger partial charge in [0.05, 0.1) is 18.6 Å². The Morgan fingerprint density at radius 1 is 1.53 bits per heavy atom. The van der Waals surface area contributed by atoms with Crippen LogP contribution < -0.4 is 5.32 Å². The van der Waals surface area contributed by atoms with Crippen molar-refractivity contribution in [1.29, 1.82) is 0 Å². The van der Waals surface area contributed by atoms with E-state index in [1.54, 1.807) is 7.11 Å². The molecule has 4 nitrogen and oxygen atoms in total. The Balaban J connectivity index is 2.35. The minimum Gasteiger partial charge on any atom is -0.383 e. The van der Waals surface area contributed by atoms with Crippen molar-refractivity contribution in [1.82, 2.24) is 14.9 Å². The SMILES string of the molecule is COCCn1cncc1CNCC(C)C. The van der Waals surface area contributed by atoms with Crippen LogP contribution in [0.1, 0.15) is 19.5 Å². The standard InChI is InChI=1S/C11H21N3O/c1-10(2)6-12-7-11-8-13-9-14(11)4-5-15-3/h8-10,12H,4-7H2,1-3H3. The molecule has 0 saturated carbocycles. The zero-order valence-corrected chi connectivity index (χ0v) is 9.86. The van der Waals surface area contributed by atoms with Crippen molar-refractivity contribution >= 4 is 0 Å². The van der Waals surface area contributed by atoms with Crippen molar-refractivity contribution in [3.63, 3.8) is 0 Å². The Morgan fingerprint density at radius 2 is 2.33 bits per heavy atom. The summed E-state index contributed by atoms with van der Waals surface area (Å²) in [5.74, 6) is 0.681. The van der Waals surface area contributed by atoms with Gasteiger partial charge in [-0.1, -0.05) is 13.8 Å². The third-order valence-corrected chi connectivity index (χ3v) is 2.19. The van der Waals surface area contributed by atoms with E-state index >= 15 is 0 Å². The molecule has 1 aromatic rings. The summed E-state index contributed by atoms with van der Waals surface area (Å²) in [6.07, 6.45) is 3.76. The Bertz CT molecular complexity index is 271. The lowest BCUT2D eigenvalue weighted by atomic mass is 10.2. The van der Waals surface area contributed by atoms with E-state index in [0.717, 1.165) is 26.2 Å². The van der Waals surface area contributed by atoms with Crippen LogP contribution >= 0.6 is 0 Å². The van der Waals surface area contributed by atoms with Gasteiger partial charge < -0.3 is 14.6 Å². The number of nitrogens with one attached hydrogen (secondary N) is 1. The average molecular weight is 211 g/mol. The first-order valence-electron chi connectivity index (χ1n) is 5.42.